The summed E-state index contributed by atoms with van der Waals surface area (Å²) in [5, 5.41) is 48.8. The molecule has 0 bridgehead atoms. The zero-order valence-electron chi connectivity index (χ0n) is 23.2. The van der Waals surface area contributed by atoms with Crippen molar-refractivity contribution >= 4 is 79.5 Å². The summed E-state index contributed by atoms with van der Waals surface area (Å²) in [6.45, 7) is 6.64. The molecule has 6 aliphatic rings. The Morgan fingerprint density at radius 1 is 0.591 bits per heavy atom. The van der Waals surface area contributed by atoms with Gasteiger partial charge in [0.1, 0.15) is 23.7 Å². The highest BCUT2D eigenvalue weighted by Crippen LogP contribution is 2.70. The molecule has 4 heterocycles. The third kappa shape index (κ3) is 2.57. The van der Waals surface area contributed by atoms with Crippen LogP contribution in [-0.4, -0.2) is 52.9 Å². The van der Waals surface area contributed by atoms with E-state index in [9.17, 15) is 30.0 Å². The van der Waals surface area contributed by atoms with Crippen molar-refractivity contribution in [3.05, 3.63) is 44.5 Å². The molecule has 10 nitrogen and oxygen atoms in total. The number of benzene rings is 3. The highest BCUT2D eigenvalue weighted by atomic mass is 35.5. The maximum absolute atomic E-state index is 14.3. The number of carbonyl (C=O) groups is 2. The highest BCUT2D eigenvalue weighted by Gasteiger charge is 2.71. The molecule has 4 aliphatic heterocycles. The quantitative estimate of drug-likeness (QED) is 0.176. The molecular weight excluding hydrogens is 662 g/mol. The van der Waals surface area contributed by atoms with E-state index in [-0.39, 0.29) is 54.9 Å². The van der Waals surface area contributed by atoms with Gasteiger partial charge in [-0.15, -0.1) is 0 Å². The van der Waals surface area contributed by atoms with Crippen molar-refractivity contribution in [1.82, 2.24) is 0 Å². The predicted molar refractivity (Wildman–Crippen MR) is 156 cm³/mol. The summed E-state index contributed by atoms with van der Waals surface area (Å²) in [4.78, 5) is 28.5. The second-order valence-corrected chi connectivity index (χ2v) is 15.1. The Hall–Kier alpha value is -1.96. The smallest absolute Gasteiger partial charge is 0.238 e. The van der Waals surface area contributed by atoms with Gasteiger partial charge in [-0.2, -0.15) is 0 Å². The standard InChI is InChI=1S/C30H22Cl4O10/c1-5-9-15-11-13-17(21(9)35)25(37)27(31,32)30(40)20(13)12-14-18(22(36)10-6(2)42-8(4)24(44-30)16(10)12)26(38)28(33,34)29(39,19(11)14)43-23(15)7(3)41-5/h5-8,23-24,35-36,39-40H,1-4H3. The topological polar surface area (TPSA) is 152 Å². The largest absolute Gasteiger partial charge is 0.507 e. The van der Waals surface area contributed by atoms with Crippen molar-refractivity contribution in [1.29, 1.82) is 0 Å². The summed E-state index contributed by atoms with van der Waals surface area (Å²) in [5.74, 6) is -8.66. The molecule has 0 fully saturated rings. The molecule has 9 rings (SSSR count). The third-order valence-electron chi connectivity index (χ3n) is 10.3. The molecule has 3 aromatic carbocycles. The number of ketones is 2. The summed E-state index contributed by atoms with van der Waals surface area (Å²) in [7, 11) is 0. The average Bonchev–Trinajstić information content (AvgIpc) is 2.93. The lowest BCUT2D eigenvalue weighted by Gasteiger charge is -2.55. The molecule has 0 saturated carbocycles. The fourth-order valence-electron chi connectivity index (χ4n) is 8.62. The van der Waals surface area contributed by atoms with Crippen molar-refractivity contribution < 1.29 is 49.0 Å². The van der Waals surface area contributed by atoms with Crippen molar-refractivity contribution in [3.63, 3.8) is 0 Å². The Kier molecular flexibility index (Phi) is 4.99. The fraction of sp³-hybridized carbons (Fsp3) is 0.467. The summed E-state index contributed by atoms with van der Waals surface area (Å²) in [6.07, 6.45) is -5.45. The molecule has 0 spiro atoms. The number of rotatable bonds is 0. The lowest BCUT2D eigenvalue weighted by molar-refractivity contribution is -0.275. The van der Waals surface area contributed by atoms with E-state index in [0.29, 0.717) is 11.1 Å². The molecule has 3 aromatic rings. The SMILES string of the molecule is CC1OC(C)C2OC3(O)c4c5c(c(O)c6c7c5c5c8c(c(O)c1c2c48)C(=O)C(Cl)(Cl)C5(O)OC7C(C)OC6C)C(=O)C3(Cl)Cl. The van der Waals surface area contributed by atoms with Gasteiger partial charge in [-0.05, 0) is 38.5 Å². The van der Waals surface area contributed by atoms with Crippen LogP contribution in [0.3, 0.4) is 0 Å². The number of ether oxygens (including phenoxy) is 4. The maximum Gasteiger partial charge on any atom is 0.238 e. The van der Waals surface area contributed by atoms with Gasteiger partial charge in [-0.1, -0.05) is 46.4 Å². The third-order valence-corrected chi connectivity index (χ3v) is 12.0. The second kappa shape index (κ2) is 7.77. The van der Waals surface area contributed by atoms with Gasteiger partial charge in [-0.25, -0.2) is 0 Å². The fourth-order valence-corrected chi connectivity index (χ4v) is 9.56. The number of phenols is 2. The van der Waals surface area contributed by atoms with Gasteiger partial charge in [0, 0.05) is 44.2 Å². The van der Waals surface area contributed by atoms with Crippen LogP contribution in [0.2, 0.25) is 0 Å². The minimum atomic E-state index is -2.76. The molecule has 8 atom stereocenters. The lowest BCUT2D eigenvalue weighted by Crippen LogP contribution is -2.60. The van der Waals surface area contributed by atoms with E-state index in [1.165, 1.54) is 0 Å². The lowest BCUT2D eigenvalue weighted by atomic mass is 9.65. The molecule has 0 aromatic heterocycles. The number of Topliss-reactive ketones (excluding diaryl/α,β-unsaturated/α-hetero) is 2. The van der Waals surface area contributed by atoms with Crippen LogP contribution < -0.4 is 0 Å². The number of aliphatic hydroxyl groups is 2. The Morgan fingerprint density at radius 2 is 0.932 bits per heavy atom. The van der Waals surface area contributed by atoms with Crippen LogP contribution in [0.15, 0.2) is 0 Å². The molecule has 2 aliphatic carbocycles. The van der Waals surface area contributed by atoms with E-state index in [2.05, 4.69) is 0 Å². The van der Waals surface area contributed by atoms with Crippen molar-refractivity contribution in [3.8, 4) is 11.5 Å². The molecule has 44 heavy (non-hydrogen) atoms. The second-order valence-electron chi connectivity index (χ2n) is 12.5. The number of hydrogen-bond acceptors (Lipinski definition) is 10. The molecule has 0 amide bonds. The van der Waals surface area contributed by atoms with Gasteiger partial charge in [-0.3, -0.25) is 9.59 Å². The first-order valence-corrected chi connectivity index (χ1v) is 15.5. The highest BCUT2D eigenvalue weighted by molar-refractivity contribution is 6.63. The van der Waals surface area contributed by atoms with Crippen LogP contribution in [0, 0.1) is 0 Å². The van der Waals surface area contributed by atoms with Crippen molar-refractivity contribution in [2.45, 2.75) is 84.6 Å². The average molecular weight is 684 g/mol. The first kappa shape index (κ1) is 28.3. The molecule has 230 valence electrons. The molecule has 4 N–H and O–H groups in total. The molecule has 0 radical (unpaired) electrons. The van der Waals surface area contributed by atoms with Crippen molar-refractivity contribution in [2.24, 2.45) is 0 Å². The molecule has 0 saturated heterocycles. The number of phenolic OH excluding ortho intramolecular Hbond substituents is 2. The molecular formula is C30H22Cl4O10. The summed E-state index contributed by atoms with van der Waals surface area (Å²) < 4.78 is 19.2. The molecule has 14 heteroatoms. The Labute approximate surface area is 268 Å². The van der Waals surface area contributed by atoms with Crippen LogP contribution >= 0.6 is 46.4 Å². The normalized spacial score (nSPS) is 38.2. The monoisotopic (exact) mass is 682 g/mol. The molecule has 8 unspecified atom stereocenters. The van der Waals surface area contributed by atoms with E-state index < -0.39 is 79.9 Å². The van der Waals surface area contributed by atoms with E-state index in [4.69, 9.17) is 65.4 Å². The summed E-state index contributed by atoms with van der Waals surface area (Å²) in [6, 6.07) is 0. The van der Waals surface area contributed by atoms with Crippen molar-refractivity contribution in [2.75, 3.05) is 0 Å². The van der Waals surface area contributed by atoms with Crippen LogP contribution in [-0.2, 0) is 30.5 Å². The van der Waals surface area contributed by atoms with Crippen LogP contribution in [0.4, 0.5) is 0 Å². The maximum atomic E-state index is 14.3. The van der Waals surface area contributed by atoms with E-state index in [1.54, 1.807) is 27.7 Å². The number of carbonyl (C=O) groups excluding carboxylic acids is 2. The Bertz CT molecular complexity index is 1880. The predicted octanol–water partition coefficient (Wildman–Crippen LogP) is 5.54. The number of hydrogen-bond donors (Lipinski definition) is 4. The summed E-state index contributed by atoms with van der Waals surface area (Å²) >= 11 is 27.1. The van der Waals surface area contributed by atoms with E-state index >= 15 is 0 Å². The van der Waals surface area contributed by atoms with Gasteiger partial charge in [0.2, 0.25) is 31.8 Å². The Balaban J connectivity index is 1.69. The summed E-state index contributed by atoms with van der Waals surface area (Å²) in [5.41, 5.74) is 0.0426. The van der Waals surface area contributed by atoms with Crippen LogP contribution in [0.1, 0.15) is 106 Å². The number of halogens is 4. The minimum Gasteiger partial charge on any atom is -0.507 e. The zero-order chi connectivity index (χ0) is 31.5. The first-order chi connectivity index (χ1) is 20.4. The van der Waals surface area contributed by atoms with E-state index in [1.807, 2.05) is 0 Å². The van der Waals surface area contributed by atoms with Gasteiger partial charge in [0.05, 0.1) is 35.5 Å². The van der Waals surface area contributed by atoms with Gasteiger partial charge in [0.25, 0.3) is 0 Å². The number of alkyl halides is 4. The van der Waals surface area contributed by atoms with Gasteiger partial charge in [0.15, 0.2) is 0 Å². The minimum absolute atomic E-state index is 0.0243. The van der Waals surface area contributed by atoms with E-state index in [0.717, 1.165) is 0 Å². The van der Waals surface area contributed by atoms with Gasteiger partial charge < -0.3 is 39.4 Å². The van der Waals surface area contributed by atoms with Gasteiger partial charge >= 0.3 is 0 Å². The number of aromatic hydroxyl groups is 2. The van der Waals surface area contributed by atoms with Crippen LogP contribution in [0.25, 0.3) is 21.5 Å². The van der Waals surface area contributed by atoms with Crippen LogP contribution in [0.5, 0.6) is 11.5 Å². The Morgan fingerprint density at radius 3 is 1.27 bits per heavy atom. The zero-order valence-corrected chi connectivity index (χ0v) is 26.2. The first-order valence-electron chi connectivity index (χ1n) is 14.0.